The predicted octanol–water partition coefficient (Wildman–Crippen LogP) is 2.83. The lowest BCUT2D eigenvalue weighted by molar-refractivity contribution is -0.137. The fourth-order valence-electron chi connectivity index (χ4n) is 6.30. The van der Waals surface area contributed by atoms with Crippen molar-refractivity contribution in [1.82, 2.24) is 24.9 Å². The molecule has 13 heteroatoms. The lowest BCUT2D eigenvalue weighted by Gasteiger charge is -2.24. The van der Waals surface area contributed by atoms with Crippen LogP contribution in [0.4, 0.5) is 0 Å². The quantitative estimate of drug-likeness (QED) is 0.169. The molecule has 0 aliphatic carbocycles. The minimum absolute atomic E-state index is 0.0335. The van der Waals surface area contributed by atoms with Crippen molar-refractivity contribution in [3.63, 3.8) is 0 Å². The molecule has 2 aromatic rings. The Bertz CT molecular complexity index is 1330. The van der Waals surface area contributed by atoms with Gasteiger partial charge in [0.25, 0.3) is 0 Å². The van der Waals surface area contributed by atoms with Gasteiger partial charge >= 0.3 is 5.97 Å². The Morgan fingerprint density at radius 3 is 2.46 bits per heavy atom. The number of aliphatic carboxylic acids is 1. The van der Waals surface area contributed by atoms with E-state index in [-0.39, 0.29) is 37.4 Å². The maximum atomic E-state index is 12.1. The molecular formula is C35H53N5O8. The van der Waals surface area contributed by atoms with Crippen LogP contribution in [0.2, 0.25) is 0 Å². The second-order valence-electron chi connectivity index (χ2n) is 12.9. The summed E-state index contributed by atoms with van der Waals surface area (Å²) in [6.07, 6.45) is 5.43. The zero-order chi connectivity index (χ0) is 34.3. The molecule has 1 aromatic heterocycles. The van der Waals surface area contributed by atoms with E-state index in [0.29, 0.717) is 64.6 Å². The third kappa shape index (κ3) is 12.5. The molecule has 2 aliphatic heterocycles. The number of rotatable bonds is 21. The summed E-state index contributed by atoms with van der Waals surface area (Å²) < 4.78 is 19.0. The lowest BCUT2D eigenvalue weighted by atomic mass is 9.94. The number of ether oxygens (including phenoxy) is 3. The van der Waals surface area contributed by atoms with Crippen LogP contribution in [0.1, 0.15) is 74.2 Å². The van der Waals surface area contributed by atoms with E-state index in [4.69, 9.17) is 14.2 Å². The van der Waals surface area contributed by atoms with E-state index in [0.717, 1.165) is 67.8 Å². The molecule has 4 rings (SSSR count). The average molecular weight is 672 g/mol. The van der Waals surface area contributed by atoms with E-state index in [1.165, 1.54) is 0 Å². The number of carboxylic acid groups (broad SMARTS) is 1. The van der Waals surface area contributed by atoms with Gasteiger partial charge in [-0.25, -0.2) is 4.68 Å². The van der Waals surface area contributed by atoms with Crippen LogP contribution in [0.5, 0.6) is 5.75 Å². The smallest absolute Gasteiger partial charge is 0.304 e. The number of likely N-dealkylation sites (tertiary alicyclic amines) is 2. The molecule has 2 unspecified atom stereocenters. The van der Waals surface area contributed by atoms with Crippen LogP contribution in [0.3, 0.4) is 0 Å². The van der Waals surface area contributed by atoms with Gasteiger partial charge in [0, 0.05) is 50.3 Å². The Hall–Kier alpha value is -3.52. The van der Waals surface area contributed by atoms with Crippen molar-refractivity contribution in [3.05, 3.63) is 41.2 Å². The van der Waals surface area contributed by atoms with Crippen LogP contribution in [-0.2, 0) is 23.9 Å². The van der Waals surface area contributed by atoms with Crippen molar-refractivity contribution in [2.45, 2.75) is 77.2 Å². The third-order valence-corrected chi connectivity index (χ3v) is 8.74. The number of unbranched alkanes of at least 4 members (excludes halogenated alkanes) is 2. The van der Waals surface area contributed by atoms with Crippen LogP contribution in [0.25, 0.3) is 5.69 Å². The molecule has 266 valence electrons. The number of carbonyl (C=O) groups excluding carboxylic acids is 2. The first-order valence-corrected chi connectivity index (χ1v) is 17.3. The largest absolute Gasteiger partial charge is 0.491 e. The number of nitrogens with zero attached hydrogens (tertiary/aromatic N) is 4. The fraction of sp³-hybridized carbons (Fsp3) is 0.657. The summed E-state index contributed by atoms with van der Waals surface area (Å²) in [5.41, 5.74) is 3.61. The average Bonchev–Trinajstić information content (AvgIpc) is 3.81. The Kier molecular flexibility index (Phi) is 15.1. The monoisotopic (exact) mass is 671 g/mol. The minimum Gasteiger partial charge on any atom is -0.491 e. The Balaban J connectivity index is 1.14. The molecule has 2 amide bonds. The summed E-state index contributed by atoms with van der Waals surface area (Å²) in [7, 11) is 0. The number of hydrogen-bond donors (Lipinski definition) is 3. The first kappa shape index (κ1) is 37.3. The van der Waals surface area contributed by atoms with Gasteiger partial charge in [0.2, 0.25) is 11.8 Å². The van der Waals surface area contributed by atoms with Crippen LogP contribution in [-0.4, -0.2) is 126 Å². The molecule has 2 fully saturated rings. The molecule has 0 radical (unpaired) electrons. The molecule has 0 saturated carbocycles. The van der Waals surface area contributed by atoms with Gasteiger partial charge < -0.3 is 39.5 Å². The SMILES string of the molecule is Cc1cc(C)n(-c2cc(OCCOCCOCC(=O)NCCCCCC(=O)N3CCC(O)C3)cc(C(CC(=O)O)CN3CCCC3)c2)n1. The number of hydrogen-bond acceptors (Lipinski definition) is 9. The first-order valence-electron chi connectivity index (χ1n) is 17.3. The van der Waals surface area contributed by atoms with Gasteiger partial charge in [-0.3, -0.25) is 14.4 Å². The van der Waals surface area contributed by atoms with E-state index < -0.39 is 12.1 Å². The molecule has 1 aromatic carbocycles. The highest BCUT2D eigenvalue weighted by molar-refractivity contribution is 5.77. The van der Waals surface area contributed by atoms with Gasteiger partial charge in [0.05, 0.1) is 43.7 Å². The van der Waals surface area contributed by atoms with Crippen molar-refractivity contribution in [3.8, 4) is 11.4 Å². The molecule has 2 aliphatic rings. The summed E-state index contributed by atoms with van der Waals surface area (Å²) in [5, 5.41) is 26.7. The highest BCUT2D eigenvalue weighted by Crippen LogP contribution is 2.30. The van der Waals surface area contributed by atoms with E-state index in [9.17, 15) is 24.6 Å². The third-order valence-electron chi connectivity index (χ3n) is 8.74. The number of aryl methyl sites for hydroxylation is 2. The number of aromatic nitrogens is 2. The van der Waals surface area contributed by atoms with E-state index >= 15 is 0 Å². The van der Waals surface area contributed by atoms with Crippen molar-refractivity contribution in [2.24, 2.45) is 0 Å². The van der Waals surface area contributed by atoms with E-state index in [1.807, 2.05) is 42.8 Å². The zero-order valence-electron chi connectivity index (χ0n) is 28.5. The van der Waals surface area contributed by atoms with Gasteiger partial charge in [0.1, 0.15) is 19.0 Å². The fourth-order valence-corrected chi connectivity index (χ4v) is 6.30. The van der Waals surface area contributed by atoms with E-state index in [2.05, 4.69) is 15.3 Å². The number of aliphatic hydroxyl groups is 1. The lowest BCUT2D eigenvalue weighted by Crippen LogP contribution is -2.30. The Labute approximate surface area is 283 Å². The summed E-state index contributed by atoms with van der Waals surface area (Å²) in [6.45, 7) is 9.33. The standard InChI is InChI=1S/C35H53N5O8/c1-26-18-27(2)40(37-26)30-19-28(29(21-35(44)45)23-38-11-6-7-12-38)20-32(22-30)48-17-16-46-14-15-47-25-33(42)36-10-5-3-4-8-34(43)39-13-9-31(41)24-39/h18-20,22,29,31,41H,3-17,21,23-25H2,1-2H3,(H,36,42)(H,44,45). The number of carboxylic acids is 1. The normalized spacial score (nSPS) is 17.1. The van der Waals surface area contributed by atoms with Gasteiger partial charge in [-0.2, -0.15) is 5.10 Å². The number of carbonyl (C=O) groups is 3. The number of amides is 2. The van der Waals surface area contributed by atoms with Gasteiger partial charge in [-0.1, -0.05) is 6.42 Å². The highest BCUT2D eigenvalue weighted by atomic mass is 16.5. The van der Waals surface area contributed by atoms with Gasteiger partial charge in [0.15, 0.2) is 0 Å². The molecule has 0 spiro atoms. The highest BCUT2D eigenvalue weighted by Gasteiger charge is 2.24. The minimum atomic E-state index is -0.827. The van der Waals surface area contributed by atoms with Crippen molar-refractivity contribution in [1.29, 1.82) is 0 Å². The maximum Gasteiger partial charge on any atom is 0.304 e. The van der Waals surface area contributed by atoms with Crippen LogP contribution >= 0.6 is 0 Å². The van der Waals surface area contributed by atoms with Crippen molar-refractivity contribution >= 4 is 17.8 Å². The molecular weight excluding hydrogens is 618 g/mol. The number of aliphatic hydroxyl groups excluding tert-OH is 1. The molecule has 2 atom stereocenters. The number of β-amino-alcohol motifs (C(OH)–C–C–N with tert-alkyl or cyclic N) is 1. The van der Waals surface area contributed by atoms with Crippen molar-refractivity contribution < 1.29 is 38.8 Å². The Morgan fingerprint density at radius 2 is 1.75 bits per heavy atom. The summed E-state index contributed by atoms with van der Waals surface area (Å²) >= 11 is 0. The molecule has 0 bridgehead atoms. The zero-order valence-corrected chi connectivity index (χ0v) is 28.5. The second kappa shape index (κ2) is 19.5. The summed E-state index contributed by atoms with van der Waals surface area (Å²) in [5.74, 6) is -0.485. The molecule has 2 saturated heterocycles. The van der Waals surface area contributed by atoms with Gasteiger partial charge in [-0.15, -0.1) is 0 Å². The molecule has 3 heterocycles. The molecule has 3 N–H and O–H groups in total. The van der Waals surface area contributed by atoms with Crippen LogP contribution in [0, 0.1) is 13.8 Å². The van der Waals surface area contributed by atoms with Crippen molar-refractivity contribution in [2.75, 3.05) is 72.3 Å². The molecule has 13 nitrogen and oxygen atoms in total. The number of benzene rings is 1. The molecule has 48 heavy (non-hydrogen) atoms. The topological polar surface area (TPSA) is 156 Å². The predicted molar refractivity (Wildman–Crippen MR) is 180 cm³/mol. The van der Waals surface area contributed by atoms with Crippen LogP contribution < -0.4 is 10.1 Å². The second-order valence-corrected chi connectivity index (χ2v) is 12.9. The van der Waals surface area contributed by atoms with E-state index in [1.54, 1.807) is 4.90 Å². The maximum absolute atomic E-state index is 12.1. The number of nitrogens with one attached hydrogen (secondary N) is 1. The summed E-state index contributed by atoms with van der Waals surface area (Å²) in [4.78, 5) is 40.0. The summed E-state index contributed by atoms with van der Waals surface area (Å²) in [6, 6.07) is 7.87. The van der Waals surface area contributed by atoms with Crippen LogP contribution in [0.15, 0.2) is 24.3 Å². The Morgan fingerprint density at radius 1 is 0.979 bits per heavy atom. The van der Waals surface area contributed by atoms with Gasteiger partial charge in [-0.05, 0) is 82.8 Å². The first-order chi connectivity index (χ1) is 23.2.